The van der Waals surface area contributed by atoms with Crippen LogP contribution in [0.25, 0.3) is 0 Å². The zero-order chi connectivity index (χ0) is 18.8. The SMILES string of the molecule is Cc1cc(C2CCN(C3COC3)CC2)cc(Nc2cc(C(C)C)ccn2)n1. The number of aryl methyl sites for hydroxylation is 1. The molecule has 27 heavy (non-hydrogen) atoms. The van der Waals surface area contributed by atoms with E-state index in [9.17, 15) is 0 Å². The molecule has 2 aliphatic heterocycles. The van der Waals surface area contributed by atoms with E-state index in [4.69, 9.17) is 4.74 Å². The Morgan fingerprint density at radius 3 is 2.56 bits per heavy atom. The molecule has 0 atom stereocenters. The summed E-state index contributed by atoms with van der Waals surface area (Å²) >= 11 is 0. The number of rotatable bonds is 5. The molecule has 144 valence electrons. The van der Waals surface area contributed by atoms with Crippen LogP contribution in [0, 0.1) is 6.92 Å². The predicted octanol–water partition coefficient (Wildman–Crippen LogP) is 4.23. The van der Waals surface area contributed by atoms with Gasteiger partial charge in [0.25, 0.3) is 0 Å². The van der Waals surface area contributed by atoms with Gasteiger partial charge >= 0.3 is 0 Å². The molecular weight excluding hydrogens is 336 g/mol. The normalized spacial score (nSPS) is 19.3. The Morgan fingerprint density at radius 1 is 1.11 bits per heavy atom. The first-order valence-corrected chi connectivity index (χ1v) is 10.1. The summed E-state index contributed by atoms with van der Waals surface area (Å²) < 4.78 is 5.35. The summed E-state index contributed by atoms with van der Waals surface area (Å²) in [5.74, 6) is 2.86. The number of hydrogen-bond donors (Lipinski definition) is 1. The minimum absolute atomic E-state index is 0.487. The Labute approximate surface area is 162 Å². The van der Waals surface area contributed by atoms with Crippen LogP contribution >= 0.6 is 0 Å². The maximum atomic E-state index is 5.35. The summed E-state index contributed by atoms with van der Waals surface area (Å²) in [4.78, 5) is 11.7. The number of pyridine rings is 2. The largest absolute Gasteiger partial charge is 0.378 e. The third-order valence-corrected chi connectivity index (χ3v) is 5.82. The molecule has 2 aromatic heterocycles. The Hall–Kier alpha value is -1.98. The Morgan fingerprint density at radius 2 is 1.89 bits per heavy atom. The molecule has 0 aliphatic carbocycles. The van der Waals surface area contributed by atoms with Crippen molar-refractivity contribution in [3.63, 3.8) is 0 Å². The van der Waals surface area contributed by atoms with E-state index in [1.807, 2.05) is 6.20 Å². The van der Waals surface area contributed by atoms with Crippen molar-refractivity contribution in [2.24, 2.45) is 0 Å². The highest BCUT2D eigenvalue weighted by atomic mass is 16.5. The standard InChI is InChI=1S/C22H30N4O/c1-15(2)18-4-7-23-21(11-18)25-22-12-19(10-16(3)24-22)17-5-8-26(9-6-17)20-13-27-14-20/h4,7,10-12,15,17,20H,5-6,8-9,13-14H2,1-3H3,(H,23,24,25). The molecule has 4 rings (SSSR count). The van der Waals surface area contributed by atoms with Crippen LogP contribution in [0.2, 0.25) is 0 Å². The molecule has 2 aromatic rings. The molecule has 2 fully saturated rings. The number of piperidine rings is 1. The number of aromatic nitrogens is 2. The van der Waals surface area contributed by atoms with Crippen LogP contribution in [-0.2, 0) is 4.74 Å². The zero-order valence-electron chi connectivity index (χ0n) is 16.6. The summed E-state index contributed by atoms with van der Waals surface area (Å²) in [6.07, 6.45) is 4.29. The molecule has 4 heterocycles. The highest BCUT2D eigenvalue weighted by Crippen LogP contribution is 2.31. The first kappa shape index (κ1) is 18.4. The van der Waals surface area contributed by atoms with E-state index < -0.39 is 0 Å². The molecule has 2 saturated heterocycles. The Kier molecular flexibility index (Phi) is 5.41. The van der Waals surface area contributed by atoms with Gasteiger partial charge in [-0.1, -0.05) is 13.8 Å². The van der Waals surface area contributed by atoms with Gasteiger partial charge in [-0.2, -0.15) is 0 Å². The molecular formula is C22H30N4O. The molecule has 0 bridgehead atoms. The second kappa shape index (κ2) is 7.95. The fourth-order valence-electron chi connectivity index (χ4n) is 4.03. The monoisotopic (exact) mass is 366 g/mol. The van der Waals surface area contributed by atoms with Gasteiger partial charge in [-0.15, -0.1) is 0 Å². The molecule has 5 nitrogen and oxygen atoms in total. The van der Waals surface area contributed by atoms with Crippen LogP contribution in [-0.4, -0.2) is 47.2 Å². The Balaban J connectivity index is 1.46. The molecule has 0 radical (unpaired) electrons. The third-order valence-electron chi connectivity index (χ3n) is 5.82. The molecule has 5 heteroatoms. The number of hydrogen-bond acceptors (Lipinski definition) is 5. The molecule has 0 saturated carbocycles. The van der Waals surface area contributed by atoms with Crippen LogP contribution in [0.4, 0.5) is 11.6 Å². The van der Waals surface area contributed by atoms with Crippen molar-refractivity contribution in [2.75, 3.05) is 31.6 Å². The van der Waals surface area contributed by atoms with Gasteiger partial charge in [-0.05, 0) is 80.1 Å². The molecule has 0 spiro atoms. The fourth-order valence-corrected chi connectivity index (χ4v) is 4.03. The molecule has 1 N–H and O–H groups in total. The van der Waals surface area contributed by atoms with E-state index in [-0.39, 0.29) is 0 Å². The van der Waals surface area contributed by atoms with Gasteiger partial charge in [0.1, 0.15) is 11.6 Å². The van der Waals surface area contributed by atoms with Crippen LogP contribution < -0.4 is 5.32 Å². The quantitative estimate of drug-likeness (QED) is 0.858. The maximum absolute atomic E-state index is 5.35. The highest BCUT2D eigenvalue weighted by Gasteiger charge is 2.30. The van der Waals surface area contributed by atoms with Gasteiger partial charge in [0.05, 0.1) is 19.3 Å². The van der Waals surface area contributed by atoms with E-state index in [0.717, 1.165) is 30.5 Å². The molecule has 2 aliphatic rings. The number of likely N-dealkylation sites (tertiary alicyclic amines) is 1. The van der Waals surface area contributed by atoms with Crippen molar-refractivity contribution in [3.05, 3.63) is 47.3 Å². The third kappa shape index (κ3) is 4.30. The van der Waals surface area contributed by atoms with Crippen LogP contribution in [0.5, 0.6) is 0 Å². The van der Waals surface area contributed by atoms with Crippen LogP contribution in [0.15, 0.2) is 30.5 Å². The van der Waals surface area contributed by atoms with E-state index in [2.05, 4.69) is 65.2 Å². The minimum atomic E-state index is 0.487. The number of nitrogens with one attached hydrogen (secondary N) is 1. The van der Waals surface area contributed by atoms with Crippen molar-refractivity contribution in [2.45, 2.75) is 51.5 Å². The van der Waals surface area contributed by atoms with Gasteiger partial charge < -0.3 is 10.1 Å². The van der Waals surface area contributed by atoms with Crippen molar-refractivity contribution in [1.82, 2.24) is 14.9 Å². The van der Waals surface area contributed by atoms with Crippen molar-refractivity contribution < 1.29 is 4.74 Å². The first-order chi connectivity index (χ1) is 13.1. The zero-order valence-corrected chi connectivity index (χ0v) is 16.6. The van der Waals surface area contributed by atoms with E-state index in [1.165, 1.54) is 37.1 Å². The summed E-state index contributed by atoms with van der Waals surface area (Å²) in [6.45, 7) is 10.6. The van der Waals surface area contributed by atoms with Gasteiger partial charge in [-0.3, -0.25) is 4.90 Å². The summed E-state index contributed by atoms with van der Waals surface area (Å²) in [5, 5.41) is 3.42. The predicted molar refractivity (Wildman–Crippen MR) is 109 cm³/mol. The van der Waals surface area contributed by atoms with Crippen LogP contribution in [0.1, 0.15) is 55.3 Å². The van der Waals surface area contributed by atoms with Crippen molar-refractivity contribution >= 4 is 11.6 Å². The highest BCUT2D eigenvalue weighted by molar-refractivity contribution is 5.54. The topological polar surface area (TPSA) is 50.3 Å². The van der Waals surface area contributed by atoms with E-state index in [1.54, 1.807) is 0 Å². The number of nitrogens with zero attached hydrogens (tertiary/aromatic N) is 3. The van der Waals surface area contributed by atoms with Gasteiger partial charge in [-0.25, -0.2) is 9.97 Å². The lowest BCUT2D eigenvalue weighted by molar-refractivity contribution is -0.0712. The molecule has 0 unspecified atom stereocenters. The smallest absolute Gasteiger partial charge is 0.132 e. The second-order valence-electron chi connectivity index (χ2n) is 8.18. The van der Waals surface area contributed by atoms with E-state index >= 15 is 0 Å². The minimum Gasteiger partial charge on any atom is -0.378 e. The fraction of sp³-hybridized carbons (Fsp3) is 0.545. The van der Waals surface area contributed by atoms with Crippen LogP contribution in [0.3, 0.4) is 0 Å². The summed E-state index contributed by atoms with van der Waals surface area (Å²) in [7, 11) is 0. The number of ether oxygens (including phenoxy) is 1. The average Bonchev–Trinajstić information content (AvgIpc) is 2.60. The average molecular weight is 367 g/mol. The molecule has 0 amide bonds. The summed E-state index contributed by atoms with van der Waals surface area (Å²) in [6, 6.07) is 9.31. The maximum Gasteiger partial charge on any atom is 0.132 e. The first-order valence-electron chi connectivity index (χ1n) is 10.1. The van der Waals surface area contributed by atoms with Gasteiger partial charge in [0.15, 0.2) is 0 Å². The number of anilines is 2. The Bertz CT molecular complexity index is 780. The lowest BCUT2D eigenvalue weighted by Crippen LogP contribution is -2.51. The second-order valence-corrected chi connectivity index (χ2v) is 8.18. The molecule has 0 aromatic carbocycles. The van der Waals surface area contributed by atoms with Gasteiger partial charge in [0, 0.05) is 11.9 Å². The summed E-state index contributed by atoms with van der Waals surface area (Å²) in [5.41, 5.74) is 3.74. The van der Waals surface area contributed by atoms with E-state index in [0.29, 0.717) is 17.9 Å². The lowest BCUT2D eigenvalue weighted by Gasteiger charge is -2.41. The van der Waals surface area contributed by atoms with Crippen molar-refractivity contribution in [3.8, 4) is 0 Å². The lowest BCUT2D eigenvalue weighted by atomic mass is 9.88. The van der Waals surface area contributed by atoms with Crippen molar-refractivity contribution in [1.29, 1.82) is 0 Å². The van der Waals surface area contributed by atoms with Gasteiger partial charge in [0.2, 0.25) is 0 Å².